The van der Waals surface area contributed by atoms with Crippen LogP contribution in [-0.2, 0) is 19.9 Å². The number of fused-ring (bicyclic) bond motifs is 4. The second kappa shape index (κ2) is 6.80. The lowest BCUT2D eigenvalue weighted by Crippen LogP contribution is -2.30. The number of rotatable bonds is 2. The minimum absolute atomic E-state index is 0.351. The molecule has 0 amide bonds. The Morgan fingerprint density at radius 3 is 2.47 bits per heavy atom. The zero-order valence-electron chi connectivity index (χ0n) is 19.2. The predicted octanol–water partition coefficient (Wildman–Crippen LogP) is 7.18. The van der Waals surface area contributed by atoms with E-state index in [0.717, 1.165) is 29.7 Å². The summed E-state index contributed by atoms with van der Waals surface area (Å²) in [6, 6.07) is 24.2. The Morgan fingerprint density at radius 1 is 0.812 bits per heavy atom. The van der Waals surface area contributed by atoms with E-state index in [9.17, 15) is 0 Å². The van der Waals surface area contributed by atoms with Gasteiger partial charge in [0.15, 0.2) is 6.20 Å². The van der Waals surface area contributed by atoms with E-state index in [-0.39, 0.29) is 0 Å². The van der Waals surface area contributed by atoms with Crippen molar-refractivity contribution in [3.63, 3.8) is 0 Å². The summed E-state index contributed by atoms with van der Waals surface area (Å²) in [6.07, 6.45) is 4.39. The van der Waals surface area contributed by atoms with Crippen molar-refractivity contribution in [2.24, 2.45) is 12.5 Å². The molecule has 32 heavy (non-hydrogen) atoms. The normalized spacial score (nSPS) is 14.9. The van der Waals surface area contributed by atoms with E-state index < -0.39 is 0 Å². The van der Waals surface area contributed by atoms with Gasteiger partial charge in [0.1, 0.15) is 18.2 Å². The van der Waals surface area contributed by atoms with E-state index in [1.165, 1.54) is 44.2 Å². The Labute approximate surface area is 189 Å². The zero-order chi connectivity index (χ0) is 22.0. The molecule has 3 aromatic carbocycles. The van der Waals surface area contributed by atoms with E-state index in [4.69, 9.17) is 4.42 Å². The van der Waals surface area contributed by atoms with Crippen LogP contribution in [0.15, 0.2) is 77.3 Å². The molecule has 0 bridgehead atoms. The van der Waals surface area contributed by atoms with Crippen LogP contribution in [0.5, 0.6) is 0 Å². The van der Waals surface area contributed by atoms with Crippen molar-refractivity contribution < 1.29 is 8.98 Å². The highest BCUT2D eigenvalue weighted by Crippen LogP contribution is 2.42. The highest BCUT2D eigenvalue weighted by Gasteiger charge is 2.28. The molecule has 0 radical (unpaired) electrons. The van der Waals surface area contributed by atoms with Gasteiger partial charge in [0.05, 0.1) is 5.56 Å². The molecule has 0 N–H and O–H groups in total. The topological polar surface area (TPSA) is 17.0 Å². The number of hydrogen-bond acceptors (Lipinski definition) is 1. The third-order valence-corrected chi connectivity index (χ3v) is 7.04. The van der Waals surface area contributed by atoms with Crippen molar-refractivity contribution >= 4 is 21.9 Å². The van der Waals surface area contributed by atoms with Crippen molar-refractivity contribution in [1.82, 2.24) is 0 Å². The summed E-state index contributed by atoms with van der Waals surface area (Å²) in [5.74, 6) is 0. The van der Waals surface area contributed by atoms with Crippen LogP contribution in [0.4, 0.5) is 0 Å². The van der Waals surface area contributed by atoms with Crippen LogP contribution in [0.2, 0.25) is 0 Å². The van der Waals surface area contributed by atoms with E-state index >= 15 is 0 Å². The molecule has 0 saturated heterocycles. The third-order valence-electron chi connectivity index (χ3n) is 7.04. The lowest BCUT2D eigenvalue weighted by molar-refractivity contribution is -0.660. The molecule has 158 valence electrons. The number of aryl methyl sites for hydroxylation is 2. The van der Waals surface area contributed by atoms with E-state index in [1.807, 2.05) is 0 Å². The minimum Gasteiger partial charge on any atom is -0.454 e. The first-order valence-corrected chi connectivity index (χ1v) is 11.4. The van der Waals surface area contributed by atoms with Gasteiger partial charge in [0.2, 0.25) is 5.69 Å². The van der Waals surface area contributed by atoms with Crippen molar-refractivity contribution in [2.45, 2.75) is 33.6 Å². The molecule has 2 aromatic heterocycles. The van der Waals surface area contributed by atoms with E-state index in [1.54, 1.807) is 0 Å². The molecule has 1 aliphatic rings. The molecule has 2 nitrogen and oxygen atoms in total. The summed E-state index contributed by atoms with van der Waals surface area (Å²) in [6.45, 7) is 6.89. The van der Waals surface area contributed by atoms with Gasteiger partial charge < -0.3 is 4.42 Å². The van der Waals surface area contributed by atoms with Crippen molar-refractivity contribution in [1.29, 1.82) is 0 Å². The number of para-hydroxylation sites is 1. The molecule has 0 saturated carbocycles. The van der Waals surface area contributed by atoms with Crippen LogP contribution in [0.25, 0.3) is 44.3 Å². The van der Waals surface area contributed by atoms with Crippen LogP contribution in [-0.4, -0.2) is 0 Å². The summed E-state index contributed by atoms with van der Waals surface area (Å²) in [4.78, 5) is 0. The Morgan fingerprint density at radius 2 is 1.62 bits per heavy atom. The Bertz CT molecular complexity index is 1520. The van der Waals surface area contributed by atoms with E-state index in [2.05, 4.69) is 105 Å². The molecule has 6 rings (SSSR count). The Balaban J connectivity index is 1.60. The molecule has 0 spiro atoms. The number of aromatic nitrogens is 1. The van der Waals surface area contributed by atoms with Gasteiger partial charge in [0, 0.05) is 28.5 Å². The average molecular weight is 419 g/mol. The third kappa shape index (κ3) is 2.90. The maximum Gasteiger partial charge on any atom is 0.216 e. The minimum atomic E-state index is 0.351. The second-order valence-corrected chi connectivity index (χ2v) is 10.1. The van der Waals surface area contributed by atoms with Crippen LogP contribution >= 0.6 is 0 Å². The largest absolute Gasteiger partial charge is 0.454 e. The smallest absolute Gasteiger partial charge is 0.216 e. The monoisotopic (exact) mass is 418 g/mol. The van der Waals surface area contributed by atoms with Crippen LogP contribution in [0.1, 0.15) is 30.5 Å². The fourth-order valence-corrected chi connectivity index (χ4v) is 5.51. The molecule has 0 aliphatic heterocycles. The highest BCUT2D eigenvalue weighted by molar-refractivity contribution is 6.13. The molecule has 0 atom stereocenters. The summed E-state index contributed by atoms with van der Waals surface area (Å²) >= 11 is 0. The van der Waals surface area contributed by atoms with Crippen LogP contribution in [0.3, 0.4) is 0 Å². The fraction of sp³-hybridized carbons (Fsp3) is 0.233. The number of pyridine rings is 1. The van der Waals surface area contributed by atoms with Gasteiger partial charge >= 0.3 is 0 Å². The van der Waals surface area contributed by atoms with Gasteiger partial charge in [-0.25, -0.2) is 4.57 Å². The van der Waals surface area contributed by atoms with E-state index in [0.29, 0.717) is 5.41 Å². The lowest BCUT2D eigenvalue weighted by Gasteiger charge is -2.14. The standard InChI is InChI=1S/C30H28NO/c1-19-11-14-25-24-9-7-8-23(20-12-13-21-17-30(2,3)18-22(21)16-20)28(24)32-29(25)27(19)26-10-5-6-15-31(26)4/h5-16H,17-18H2,1-4H3/q+1. The van der Waals surface area contributed by atoms with Crippen LogP contribution < -0.4 is 4.57 Å². The maximum absolute atomic E-state index is 6.71. The first kappa shape index (κ1) is 19.3. The molecule has 5 aromatic rings. The molecule has 1 aliphatic carbocycles. The van der Waals surface area contributed by atoms with Gasteiger partial charge in [-0.2, -0.15) is 0 Å². The SMILES string of the molecule is Cc1ccc2c(oc3c(-c4ccc5c(c4)CC(C)(C)C5)cccc32)c1-c1cccc[n+]1C. The van der Waals surface area contributed by atoms with Gasteiger partial charge in [-0.1, -0.05) is 62.4 Å². The summed E-state index contributed by atoms with van der Waals surface area (Å²) < 4.78 is 8.87. The number of hydrogen-bond donors (Lipinski definition) is 0. The summed E-state index contributed by atoms with van der Waals surface area (Å²) in [7, 11) is 2.09. The van der Waals surface area contributed by atoms with Crippen LogP contribution in [0, 0.1) is 12.3 Å². The molecular weight excluding hydrogens is 390 g/mol. The van der Waals surface area contributed by atoms with Gasteiger partial charge in [0.25, 0.3) is 0 Å². The fourth-order valence-electron chi connectivity index (χ4n) is 5.51. The Kier molecular flexibility index (Phi) is 4.10. The number of furan rings is 1. The first-order chi connectivity index (χ1) is 15.4. The molecule has 0 fully saturated rings. The lowest BCUT2D eigenvalue weighted by atomic mass is 9.90. The molecule has 2 heteroatoms. The zero-order valence-corrected chi connectivity index (χ0v) is 19.2. The predicted molar refractivity (Wildman–Crippen MR) is 132 cm³/mol. The maximum atomic E-state index is 6.71. The number of benzene rings is 3. The van der Waals surface area contributed by atoms with Gasteiger partial charge in [-0.15, -0.1) is 0 Å². The Hall–Kier alpha value is -3.39. The van der Waals surface area contributed by atoms with Gasteiger partial charge in [-0.3, -0.25) is 0 Å². The van der Waals surface area contributed by atoms with Crippen molar-refractivity contribution in [3.8, 4) is 22.4 Å². The van der Waals surface area contributed by atoms with Crippen molar-refractivity contribution in [2.75, 3.05) is 0 Å². The van der Waals surface area contributed by atoms with Crippen molar-refractivity contribution in [3.05, 3.63) is 89.6 Å². The first-order valence-electron chi connectivity index (χ1n) is 11.4. The second-order valence-electron chi connectivity index (χ2n) is 10.1. The quantitative estimate of drug-likeness (QED) is 0.278. The highest BCUT2D eigenvalue weighted by atomic mass is 16.3. The average Bonchev–Trinajstić information content (AvgIpc) is 3.29. The van der Waals surface area contributed by atoms with Gasteiger partial charge in [-0.05, 0) is 53.5 Å². The summed E-state index contributed by atoms with van der Waals surface area (Å²) in [5, 5.41) is 2.35. The molecule has 0 unspecified atom stereocenters. The number of nitrogens with zero attached hydrogens (tertiary/aromatic N) is 1. The molecular formula is C30H28NO+. The molecule has 2 heterocycles. The summed E-state index contributed by atoms with van der Waals surface area (Å²) in [5.41, 5.74) is 11.2.